The van der Waals surface area contributed by atoms with E-state index in [4.69, 9.17) is 10.5 Å². The van der Waals surface area contributed by atoms with E-state index < -0.39 is 12.0 Å². The van der Waals surface area contributed by atoms with Gasteiger partial charge in [0.25, 0.3) is 0 Å². The highest BCUT2D eigenvalue weighted by atomic mass is 79.9. The van der Waals surface area contributed by atoms with E-state index in [0.29, 0.717) is 15.8 Å². The van der Waals surface area contributed by atoms with Gasteiger partial charge in [0.1, 0.15) is 11.5 Å². The van der Waals surface area contributed by atoms with Crippen LogP contribution in [0.3, 0.4) is 0 Å². The standard InChI is InChI=1S/C11H14BrNO4/c1-16-6-3-7(11(15)8(12)4-6)9(13)5-10(14)17-2/h3-4,9,15H,5,13H2,1-2H3/t9-/m0/s1. The van der Waals surface area contributed by atoms with Crippen LogP contribution in [-0.2, 0) is 9.53 Å². The Hall–Kier alpha value is -1.27. The summed E-state index contributed by atoms with van der Waals surface area (Å²) in [5, 5.41) is 9.84. The van der Waals surface area contributed by atoms with Gasteiger partial charge in [-0.2, -0.15) is 0 Å². The zero-order valence-electron chi connectivity index (χ0n) is 9.57. The molecule has 0 aliphatic heterocycles. The van der Waals surface area contributed by atoms with Crippen LogP contribution in [0.15, 0.2) is 16.6 Å². The molecule has 0 bridgehead atoms. The maximum Gasteiger partial charge on any atom is 0.307 e. The van der Waals surface area contributed by atoms with Crippen LogP contribution < -0.4 is 10.5 Å². The molecule has 0 radical (unpaired) electrons. The zero-order chi connectivity index (χ0) is 13.0. The number of methoxy groups -OCH3 is 2. The number of halogens is 1. The van der Waals surface area contributed by atoms with Gasteiger partial charge < -0.3 is 20.3 Å². The quantitative estimate of drug-likeness (QED) is 0.828. The van der Waals surface area contributed by atoms with Crippen LogP contribution in [0.4, 0.5) is 0 Å². The van der Waals surface area contributed by atoms with Gasteiger partial charge >= 0.3 is 5.97 Å². The minimum absolute atomic E-state index is 0.00204. The molecule has 0 unspecified atom stereocenters. The molecule has 1 aromatic rings. The van der Waals surface area contributed by atoms with Crippen molar-refractivity contribution in [1.29, 1.82) is 0 Å². The summed E-state index contributed by atoms with van der Waals surface area (Å²) in [6, 6.07) is 2.56. The van der Waals surface area contributed by atoms with Crippen molar-refractivity contribution < 1.29 is 19.4 Å². The molecule has 3 N–H and O–H groups in total. The fourth-order valence-corrected chi connectivity index (χ4v) is 1.82. The van der Waals surface area contributed by atoms with Crippen LogP contribution in [0.5, 0.6) is 11.5 Å². The summed E-state index contributed by atoms with van der Waals surface area (Å²) in [5.41, 5.74) is 6.26. The number of aromatic hydroxyl groups is 1. The van der Waals surface area contributed by atoms with E-state index in [1.807, 2.05) is 0 Å². The van der Waals surface area contributed by atoms with E-state index in [9.17, 15) is 9.90 Å². The first-order valence-electron chi connectivity index (χ1n) is 4.88. The number of carbonyl (C=O) groups excluding carboxylic acids is 1. The van der Waals surface area contributed by atoms with Crippen LogP contribution in [0, 0.1) is 0 Å². The number of esters is 1. The summed E-state index contributed by atoms with van der Waals surface area (Å²) in [7, 11) is 2.80. The molecule has 94 valence electrons. The van der Waals surface area contributed by atoms with Crippen LogP contribution in [-0.4, -0.2) is 25.3 Å². The summed E-state index contributed by atoms with van der Waals surface area (Å²) in [5.74, 6) is 0.114. The summed E-state index contributed by atoms with van der Waals surface area (Å²) in [6.07, 6.45) is -0.0103. The molecule has 0 heterocycles. The Morgan fingerprint density at radius 2 is 2.18 bits per heavy atom. The van der Waals surface area contributed by atoms with Crippen molar-refractivity contribution >= 4 is 21.9 Å². The molecule has 0 saturated carbocycles. The van der Waals surface area contributed by atoms with Gasteiger partial charge in [-0.05, 0) is 28.1 Å². The Kier molecular flexibility index (Phi) is 4.77. The smallest absolute Gasteiger partial charge is 0.307 e. The number of hydrogen-bond donors (Lipinski definition) is 2. The van der Waals surface area contributed by atoms with E-state index in [1.54, 1.807) is 12.1 Å². The highest BCUT2D eigenvalue weighted by Gasteiger charge is 2.18. The largest absolute Gasteiger partial charge is 0.506 e. The van der Waals surface area contributed by atoms with Gasteiger partial charge in [-0.1, -0.05) is 0 Å². The number of nitrogens with two attached hydrogens (primary N) is 1. The lowest BCUT2D eigenvalue weighted by Crippen LogP contribution is -2.16. The second-order valence-electron chi connectivity index (χ2n) is 3.43. The normalized spacial score (nSPS) is 12.0. The van der Waals surface area contributed by atoms with Gasteiger partial charge in [-0.15, -0.1) is 0 Å². The lowest BCUT2D eigenvalue weighted by molar-refractivity contribution is -0.141. The van der Waals surface area contributed by atoms with Gasteiger partial charge in [0.15, 0.2) is 0 Å². The topological polar surface area (TPSA) is 81.8 Å². The number of ether oxygens (including phenoxy) is 2. The summed E-state index contributed by atoms with van der Waals surface area (Å²) >= 11 is 3.19. The molecule has 0 aliphatic carbocycles. The molecule has 1 aromatic carbocycles. The van der Waals surface area contributed by atoms with Crippen LogP contribution in [0.1, 0.15) is 18.0 Å². The average Bonchev–Trinajstić information content (AvgIpc) is 2.31. The molecule has 0 spiro atoms. The maximum atomic E-state index is 11.1. The van der Waals surface area contributed by atoms with Crippen LogP contribution >= 0.6 is 15.9 Å². The van der Waals surface area contributed by atoms with Crippen LogP contribution in [0.25, 0.3) is 0 Å². The molecule has 6 heteroatoms. The van der Waals surface area contributed by atoms with Crippen molar-refractivity contribution in [2.45, 2.75) is 12.5 Å². The Labute approximate surface area is 108 Å². The molecule has 0 fully saturated rings. The SMILES string of the molecule is COC(=O)C[C@H](N)c1cc(OC)cc(Br)c1O. The van der Waals surface area contributed by atoms with Gasteiger partial charge in [-0.3, -0.25) is 4.79 Å². The van der Waals surface area contributed by atoms with Gasteiger partial charge in [-0.25, -0.2) is 0 Å². The Bertz CT molecular complexity index is 422. The predicted octanol–water partition coefficient (Wildman–Crippen LogP) is 1.73. The monoisotopic (exact) mass is 303 g/mol. The first-order valence-corrected chi connectivity index (χ1v) is 5.67. The molecule has 0 amide bonds. The molecular weight excluding hydrogens is 290 g/mol. The minimum atomic E-state index is -0.645. The van der Waals surface area contributed by atoms with Gasteiger partial charge in [0, 0.05) is 11.6 Å². The second kappa shape index (κ2) is 5.88. The van der Waals surface area contributed by atoms with E-state index >= 15 is 0 Å². The Morgan fingerprint density at radius 1 is 1.53 bits per heavy atom. The van der Waals surface area contributed by atoms with Crippen molar-refractivity contribution in [3.05, 3.63) is 22.2 Å². The van der Waals surface area contributed by atoms with Crippen molar-refractivity contribution in [3.63, 3.8) is 0 Å². The van der Waals surface area contributed by atoms with Crippen molar-refractivity contribution in [3.8, 4) is 11.5 Å². The molecule has 0 aliphatic rings. The number of rotatable bonds is 4. The van der Waals surface area contributed by atoms with E-state index in [2.05, 4.69) is 20.7 Å². The lowest BCUT2D eigenvalue weighted by atomic mass is 10.0. The molecule has 5 nitrogen and oxygen atoms in total. The average molecular weight is 304 g/mol. The van der Waals surface area contributed by atoms with Crippen molar-refractivity contribution in [1.82, 2.24) is 0 Å². The third-order valence-electron chi connectivity index (χ3n) is 2.32. The fraction of sp³-hybridized carbons (Fsp3) is 0.364. The van der Waals surface area contributed by atoms with Gasteiger partial charge in [0.05, 0.1) is 25.1 Å². The van der Waals surface area contributed by atoms with Crippen molar-refractivity contribution in [2.24, 2.45) is 5.73 Å². The Morgan fingerprint density at radius 3 is 2.71 bits per heavy atom. The maximum absolute atomic E-state index is 11.1. The van der Waals surface area contributed by atoms with Crippen molar-refractivity contribution in [2.75, 3.05) is 14.2 Å². The minimum Gasteiger partial charge on any atom is -0.506 e. The molecule has 1 atom stereocenters. The first kappa shape index (κ1) is 13.8. The molecule has 0 saturated heterocycles. The molecule has 0 aromatic heterocycles. The first-order chi connectivity index (χ1) is 7.99. The number of phenolic OH excluding ortho intramolecular Hbond substituents is 1. The van der Waals surface area contributed by atoms with E-state index in [0.717, 1.165) is 0 Å². The highest BCUT2D eigenvalue weighted by Crippen LogP contribution is 2.36. The van der Waals surface area contributed by atoms with Crippen LogP contribution in [0.2, 0.25) is 0 Å². The zero-order valence-corrected chi connectivity index (χ0v) is 11.2. The fourth-order valence-electron chi connectivity index (χ4n) is 1.37. The third kappa shape index (κ3) is 3.34. The number of hydrogen-bond acceptors (Lipinski definition) is 5. The molecule has 17 heavy (non-hydrogen) atoms. The van der Waals surface area contributed by atoms with E-state index in [1.165, 1.54) is 14.2 Å². The summed E-state index contributed by atoms with van der Waals surface area (Å²) in [4.78, 5) is 11.1. The highest BCUT2D eigenvalue weighted by molar-refractivity contribution is 9.10. The number of benzene rings is 1. The molecular formula is C11H14BrNO4. The summed E-state index contributed by atoms with van der Waals surface area (Å²) < 4.78 is 10.0. The Balaban J connectivity index is 3.03. The number of phenols is 1. The predicted molar refractivity (Wildman–Crippen MR) is 65.9 cm³/mol. The van der Waals surface area contributed by atoms with E-state index in [-0.39, 0.29) is 12.2 Å². The molecule has 1 rings (SSSR count). The summed E-state index contributed by atoms with van der Waals surface area (Å²) in [6.45, 7) is 0. The number of carbonyl (C=O) groups is 1. The second-order valence-corrected chi connectivity index (χ2v) is 4.29. The lowest BCUT2D eigenvalue weighted by Gasteiger charge is -2.15. The van der Waals surface area contributed by atoms with Gasteiger partial charge in [0.2, 0.25) is 0 Å². The third-order valence-corrected chi connectivity index (χ3v) is 2.92.